The van der Waals surface area contributed by atoms with E-state index in [2.05, 4.69) is 27.5 Å². The Balaban J connectivity index is 2.31. The Hall–Kier alpha value is -2.25. The molecule has 0 saturated carbocycles. The van der Waals surface area contributed by atoms with E-state index in [0.717, 1.165) is 15.7 Å². The summed E-state index contributed by atoms with van der Waals surface area (Å²) in [4.78, 5) is 4.38. The number of aromatic hydroxyl groups is 1. The van der Waals surface area contributed by atoms with Gasteiger partial charge < -0.3 is 20.4 Å². The second kappa shape index (κ2) is 10.9. The summed E-state index contributed by atoms with van der Waals surface area (Å²) in [6.07, 6.45) is 4.88. The Kier molecular flexibility index (Phi) is 8.60. The van der Waals surface area contributed by atoms with E-state index in [-0.39, 0.29) is 19.0 Å². The molecular formula is C22H24BrNO4. The first-order valence-electron chi connectivity index (χ1n) is 8.84. The number of phenols is 1. The summed E-state index contributed by atoms with van der Waals surface area (Å²) >= 11 is 3.40. The summed E-state index contributed by atoms with van der Waals surface area (Å²) in [6, 6.07) is 10.7. The van der Waals surface area contributed by atoms with Crippen LogP contribution in [0.5, 0.6) is 5.75 Å². The Bertz CT molecular complexity index is 862. The number of phenolic OH excluding ortho intramolecular Hbond substituents is 1. The number of aliphatic hydroxyl groups is 3. The number of aliphatic hydroxyl groups excluding tert-OH is 3. The van der Waals surface area contributed by atoms with Gasteiger partial charge in [-0.3, -0.25) is 4.98 Å². The van der Waals surface area contributed by atoms with Crippen molar-refractivity contribution >= 4 is 27.6 Å². The van der Waals surface area contributed by atoms with E-state index in [4.69, 9.17) is 0 Å². The molecule has 1 unspecified atom stereocenters. The van der Waals surface area contributed by atoms with Gasteiger partial charge in [0, 0.05) is 16.2 Å². The molecule has 0 aliphatic carbocycles. The van der Waals surface area contributed by atoms with Gasteiger partial charge >= 0.3 is 0 Å². The minimum absolute atomic E-state index is 0.145. The van der Waals surface area contributed by atoms with Gasteiger partial charge in [-0.2, -0.15) is 0 Å². The fourth-order valence-electron chi connectivity index (χ4n) is 2.81. The predicted molar refractivity (Wildman–Crippen MR) is 115 cm³/mol. The molecule has 5 nitrogen and oxygen atoms in total. The molecule has 2 aromatic rings. The molecule has 0 spiro atoms. The van der Waals surface area contributed by atoms with E-state index in [9.17, 15) is 20.4 Å². The zero-order valence-electron chi connectivity index (χ0n) is 15.4. The molecule has 0 aliphatic rings. The highest BCUT2D eigenvalue weighted by molar-refractivity contribution is 9.10. The lowest BCUT2D eigenvalue weighted by molar-refractivity contribution is 0.199. The highest BCUT2D eigenvalue weighted by atomic mass is 79.9. The standard InChI is InChI=1S/C22H24BrNO4/c1-15(14-26)19(9-11-25)22(28)7-5-16(20-4-2-3-10-24-20)12-17-13-18(23)6-8-21(17)27/h2-4,6,8-10,12-13,22,25-28H,1,5,7,11,14H2/b16-12-,19-9-. The number of aromatic nitrogens is 1. The fourth-order valence-corrected chi connectivity index (χ4v) is 3.19. The summed E-state index contributed by atoms with van der Waals surface area (Å²) in [7, 11) is 0. The minimum Gasteiger partial charge on any atom is -0.507 e. The molecular weight excluding hydrogens is 422 g/mol. The normalized spacial score (nSPS) is 13.4. The molecule has 28 heavy (non-hydrogen) atoms. The summed E-state index contributed by atoms with van der Waals surface area (Å²) in [5, 5.41) is 39.2. The highest BCUT2D eigenvalue weighted by Gasteiger charge is 2.15. The Morgan fingerprint density at radius 3 is 2.64 bits per heavy atom. The molecule has 6 heteroatoms. The molecule has 0 radical (unpaired) electrons. The van der Waals surface area contributed by atoms with Crippen molar-refractivity contribution in [3.8, 4) is 5.75 Å². The highest BCUT2D eigenvalue weighted by Crippen LogP contribution is 2.29. The maximum absolute atomic E-state index is 10.5. The summed E-state index contributed by atoms with van der Waals surface area (Å²) in [6.45, 7) is 3.19. The van der Waals surface area contributed by atoms with Gasteiger partial charge in [0.1, 0.15) is 5.75 Å². The molecule has 148 valence electrons. The number of pyridine rings is 1. The van der Waals surface area contributed by atoms with Gasteiger partial charge in [-0.1, -0.05) is 34.7 Å². The van der Waals surface area contributed by atoms with Gasteiger partial charge in [-0.15, -0.1) is 0 Å². The van der Waals surface area contributed by atoms with E-state index >= 15 is 0 Å². The van der Waals surface area contributed by atoms with Crippen molar-refractivity contribution in [3.63, 3.8) is 0 Å². The van der Waals surface area contributed by atoms with Gasteiger partial charge in [0.15, 0.2) is 0 Å². The number of halogens is 1. The molecule has 1 aromatic heterocycles. The van der Waals surface area contributed by atoms with E-state index < -0.39 is 6.10 Å². The Morgan fingerprint density at radius 2 is 2.00 bits per heavy atom. The zero-order valence-corrected chi connectivity index (χ0v) is 17.0. The number of rotatable bonds is 9. The molecule has 2 rings (SSSR count). The van der Waals surface area contributed by atoms with Crippen LogP contribution in [0, 0.1) is 0 Å². The molecule has 4 N–H and O–H groups in total. The summed E-state index contributed by atoms with van der Waals surface area (Å²) < 4.78 is 0.837. The van der Waals surface area contributed by atoms with Crippen molar-refractivity contribution in [2.45, 2.75) is 18.9 Å². The largest absolute Gasteiger partial charge is 0.507 e. The van der Waals surface area contributed by atoms with Crippen LogP contribution < -0.4 is 0 Å². The number of benzene rings is 1. The first-order valence-corrected chi connectivity index (χ1v) is 9.64. The Labute approximate surface area is 173 Å². The van der Waals surface area contributed by atoms with E-state index in [0.29, 0.717) is 29.6 Å². The van der Waals surface area contributed by atoms with Gasteiger partial charge in [0.25, 0.3) is 0 Å². The monoisotopic (exact) mass is 445 g/mol. The molecule has 1 heterocycles. The molecule has 1 aromatic carbocycles. The molecule has 0 amide bonds. The number of nitrogens with zero attached hydrogens (tertiary/aromatic N) is 1. The van der Waals surface area contributed by atoms with Crippen LogP contribution in [0.2, 0.25) is 0 Å². The first kappa shape index (κ1) is 22.0. The summed E-state index contributed by atoms with van der Waals surface area (Å²) in [5.41, 5.74) is 3.01. The lowest BCUT2D eigenvalue weighted by atomic mass is 9.94. The van der Waals surface area contributed by atoms with Gasteiger partial charge in [-0.05, 0) is 66.0 Å². The van der Waals surface area contributed by atoms with E-state index in [1.807, 2.05) is 24.3 Å². The van der Waals surface area contributed by atoms with Gasteiger partial charge in [0.2, 0.25) is 0 Å². The van der Waals surface area contributed by atoms with E-state index in [1.54, 1.807) is 24.4 Å². The fraction of sp³-hybridized carbons (Fsp3) is 0.227. The third-order valence-corrected chi connectivity index (χ3v) is 4.76. The number of hydrogen-bond donors (Lipinski definition) is 4. The second-order valence-electron chi connectivity index (χ2n) is 6.25. The van der Waals surface area contributed by atoms with Crippen molar-refractivity contribution in [2.75, 3.05) is 13.2 Å². The van der Waals surface area contributed by atoms with Crippen LogP contribution in [-0.4, -0.2) is 44.7 Å². The number of allylic oxidation sites excluding steroid dienone is 1. The molecule has 1 atom stereocenters. The summed E-state index contributed by atoms with van der Waals surface area (Å²) in [5.74, 6) is 0.145. The first-order chi connectivity index (χ1) is 13.5. The van der Waals surface area contributed by atoms with E-state index in [1.165, 1.54) is 6.08 Å². The maximum atomic E-state index is 10.5. The average Bonchev–Trinajstić information content (AvgIpc) is 2.71. The molecule has 0 fully saturated rings. The number of hydrogen-bond acceptors (Lipinski definition) is 5. The zero-order chi connectivity index (χ0) is 20.5. The maximum Gasteiger partial charge on any atom is 0.122 e. The Morgan fingerprint density at radius 1 is 1.21 bits per heavy atom. The van der Waals surface area contributed by atoms with Crippen molar-refractivity contribution in [3.05, 3.63) is 82.1 Å². The van der Waals surface area contributed by atoms with Crippen LogP contribution in [0.1, 0.15) is 24.1 Å². The lowest BCUT2D eigenvalue weighted by Gasteiger charge is -2.17. The smallest absolute Gasteiger partial charge is 0.122 e. The average molecular weight is 446 g/mol. The van der Waals surface area contributed by atoms with Crippen molar-refractivity contribution in [1.82, 2.24) is 4.98 Å². The predicted octanol–water partition coefficient (Wildman–Crippen LogP) is 3.70. The van der Waals surface area contributed by atoms with Crippen molar-refractivity contribution in [2.24, 2.45) is 0 Å². The van der Waals surface area contributed by atoms with Crippen LogP contribution in [0.4, 0.5) is 0 Å². The van der Waals surface area contributed by atoms with Crippen LogP contribution in [0.25, 0.3) is 11.6 Å². The van der Waals surface area contributed by atoms with Crippen LogP contribution in [0.15, 0.2) is 70.9 Å². The lowest BCUT2D eigenvalue weighted by Crippen LogP contribution is -2.14. The SMILES string of the molecule is C=C(CO)/C(=C/CO)C(O)CC/C(=C/c1cc(Br)ccc1O)c1ccccn1. The molecule has 0 aliphatic heterocycles. The third kappa shape index (κ3) is 6.14. The quantitative estimate of drug-likeness (QED) is 0.441. The van der Waals surface area contributed by atoms with Crippen LogP contribution >= 0.6 is 15.9 Å². The van der Waals surface area contributed by atoms with Crippen molar-refractivity contribution < 1.29 is 20.4 Å². The van der Waals surface area contributed by atoms with Gasteiger partial charge in [-0.25, -0.2) is 0 Å². The van der Waals surface area contributed by atoms with Crippen molar-refractivity contribution in [1.29, 1.82) is 0 Å². The van der Waals surface area contributed by atoms with Crippen LogP contribution in [-0.2, 0) is 0 Å². The molecule has 0 bridgehead atoms. The van der Waals surface area contributed by atoms with Crippen LogP contribution in [0.3, 0.4) is 0 Å². The third-order valence-electron chi connectivity index (χ3n) is 4.27. The second-order valence-corrected chi connectivity index (χ2v) is 7.16. The molecule has 0 saturated heterocycles. The topological polar surface area (TPSA) is 93.8 Å². The minimum atomic E-state index is -0.894. The van der Waals surface area contributed by atoms with Gasteiger partial charge in [0.05, 0.1) is 25.0 Å².